The van der Waals surface area contributed by atoms with Crippen LogP contribution in [0, 0.1) is 5.92 Å². The molecular formula is C18H22N2O4. The van der Waals surface area contributed by atoms with Crippen LogP contribution in [0.15, 0.2) is 24.3 Å². The van der Waals surface area contributed by atoms with Crippen molar-refractivity contribution in [2.45, 2.75) is 38.1 Å². The van der Waals surface area contributed by atoms with Crippen LogP contribution in [-0.2, 0) is 4.79 Å². The van der Waals surface area contributed by atoms with Gasteiger partial charge in [-0.05, 0) is 56.4 Å². The highest BCUT2D eigenvalue weighted by molar-refractivity contribution is 5.96. The van der Waals surface area contributed by atoms with Gasteiger partial charge in [0.1, 0.15) is 0 Å². The molecule has 1 saturated carbocycles. The lowest BCUT2D eigenvalue weighted by atomic mass is 10.1. The van der Waals surface area contributed by atoms with E-state index in [2.05, 4.69) is 5.32 Å². The standard InChI is InChI=1S/C18H22N2O4/c21-16(12-3-5-13(6-4-12)18(23)24)19-15-8-7-14(11-15)17(22)20-9-1-2-10-20/h3-6,14-15H,1-2,7-11H2,(H,19,21)(H,23,24)/t14-,15+/m1/s1. The fourth-order valence-electron chi connectivity index (χ4n) is 3.57. The second-order valence-electron chi connectivity index (χ2n) is 6.60. The maximum atomic E-state index is 12.4. The second-order valence-corrected chi connectivity index (χ2v) is 6.60. The third-order valence-corrected chi connectivity index (χ3v) is 4.93. The predicted octanol–water partition coefficient (Wildman–Crippen LogP) is 1.91. The van der Waals surface area contributed by atoms with Gasteiger partial charge in [-0.2, -0.15) is 0 Å². The Kier molecular flexibility index (Phi) is 4.83. The summed E-state index contributed by atoms with van der Waals surface area (Å²) in [5.74, 6) is -0.981. The van der Waals surface area contributed by atoms with Gasteiger partial charge in [-0.15, -0.1) is 0 Å². The maximum absolute atomic E-state index is 12.4. The highest BCUT2D eigenvalue weighted by Gasteiger charge is 2.34. The Morgan fingerprint density at radius 1 is 1.00 bits per heavy atom. The van der Waals surface area contributed by atoms with Crippen LogP contribution in [0.5, 0.6) is 0 Å². The molecule has 0 bridgehead atoms. The van der Waals surface area contributed by atoms with Gasteiger partial charge in [-0.3, -0.25) is 9.59 Å². The first-order valence-corrected chi connectivity index (χ1v) is 8.47. The van der Waals surface area contributed by atoms with Gasteiger partial charge in [0.15, 0.2) is 0 Å². The highest BCUT2D eigenvalue weighted by atomic mass is 16.4. The van der Waals surface area contributed by atoms with Crippen molar-refractivity contribution in [3.63, 3.8) is 0 Å². The fraction of sp³-hybridized carbons (Fsp3) is 0.500. The molecule has 1 aliphatic carbocycles. The van der Waals surface area contributed by atoms with Crippen molar-refractivity contribution in [1.82, 2.24) is 10.2 Å². The van der Waals surface area contributed by atoms with Gasteiger partial charge in [0, 0.05) is 30.6 Å². The van der Waals surface area contributed by atoms with Gasteiger partial charge in [0.25, 0.3) is 5.91 Å². The molecule has 3 rings (SSSR count). The maximum Gasteiger partial charge on any atom is 0.335 e. The molecule has 1 aromatic rings. The molecule has 1 saturated heterocycles. The van der Waals surface area contributed by atoms with E-state index in [1.807, 2.05) is 4.90 Å². The number of likely N-dealkylation sites (tertiary alicyclic amines) is 1. The normalized spacial score (nSPS) is 23.2. The first-order valence-electron chi connectivity index (χ1n) is 8.47. The minimum Gasteiger partial charge on any atom is -0.478 e. The van der Waals surface area contributed by atoms with E-state index in [9.17, 15) is 14.4 Å². The number of hydrogen-bond acceptors (Lipinski definition) is 3. The summed E-state index contributed by atoms with van der Waals surface area (Å²) < 4.78 is 0. The molecule has 2 atom stereocenters. The minimum atomic E-state index is -1.01. The predicted molar refractivity (Wildman–Crippen MR) is 87.8 cm³/mol. The number of hydrogen-bond donors (Lipinski definition) is 2. The second kappa shape index (κ2) is 7.03. The van der Waals surface area contributed by atoms with E-state index < -0.39 is 5.97 Å². The Morgan fingerprint density at radius 2 is 1.62 bits per heavy atom. The highest BCUT2D eigenvalue weighted by Crippen LogP contribution is 2.28. The van der Waals surface area contributed by atoms with Crippen LogP contribution >= 0.6 is 0 Å². The average Bonchev–Trinajstić information content (AvgIpc) is 3.26. The molecule has 24 heavy (non-hydrogen) atoms. The summed E-state index contributed by atoms with van der Waals surface area (Å²) in [6.45, 7) is 1.73. The molecule has 1 heterocycles. The van der Waals surface area contributed by atoms with Crippen molar-refractivity contribution in [1.29, 1.82) is 0 Å². The van der Waals surface area contributed by atoms with Gasteiger partial charge < -0.3 is 15.3 Å². The molecule has 2 aliphatic rings. The lowest BCUT2D eigenvalue weighted by molar-refractivity contribution is -0.134. The molecule has 128 valence electrons. The molecule has 2 amide bonds. The van der Waals surface area contributed by atoms with E-state index in [-0.39, 0.29) is 29.3 Å². The number of nitrogens with zero attached hydrogens (tertiary/aromatic N) is 1. The molecule has 1 aliphatic heterocycles. The summed E-state index contributed by atoms with van der Waals surface area (Å²) in [5, 5.41) is 11.8. The van der Waals surface area contributed by atoms with Crippen molar-refractivity contribution < 1.29 is 19.5 Å². The molecule has 0 radical (unpaired) electrons. The van der Waals surface area contributed by atoms with Gasteiger partial charge in [-0.25, -0.2) is 4.79 Å². The van der Waals surface area contributed by atoms with E-state index in [0.717, 1.165) is 38.8 Å². The zero-order valence-corrected chi connectivity index (χ0v) is 13.5. The molecule has 0 spiro atoms. The molecule has 6 heteroatoms. The summed E-state index contributed by atoms with van der Waals surface area (Å²) >= 11 is 0. The van der Waals surface area contributed by atoms with Gasteiger partial charge in [0.2, 0.25) is 5.91 Å². The number of carbonyl (C=O) groups is 3. The van der Waals surface area contributed by atoms with Crippen LogP contribution in [0.2, 0.25) is 0 Å². The van der Waals surface area contributed by atoms with Crippen molar-refractivity contribution >= 4 is 17.8 Å². The van der Waals surface area contributed by atoms with Crippen LogP contribution < -0.4 is 5.32 Å². The molecular weight excluding hydrogens is 308 g/mol. The molecule has 0 unspecified atom stereocenters. The van der Waals surface area contributed by atoms with Gasteiger partial charge in [0.05, 0.1) is 5.56 Å². The van der Waals surface area contributed by atoms with E-state index in [0.29, 0.717) is 12.0 Å². The molecule has 0 aromatic heterocycles. The van der Waals surface area contributed by atoms with E-state index in [1.165, 1.54) is 24.3 Å². The zero-order chi connectivity index (χ0) is 17.1. The summed E-state index contributed by atoms with van der Waals surface area (Å²) in [5.41, 5.74) is 0.595. The lowest BCUT2D eigenvalue weighted by Crippen LogP contribution is -2.36. The quantitative estimate of drug-likeness (QED) is 0.883. The molecule has 2 N–H and O–H groups in total. The monoisotopic (exact) mass is 330 g/mol. The number of carbonyl (C=O) groups excluding carboxylic acids is 2. The van der Waals surface area contributed by atoms with Crippen LogP contribution in [-0.4, -0.2) is 46.9 Å². The fourth-order valence-corrected chi connectivity index (χ4v) is 3.57. The zero-order valence-electron chi connectivity index (χ0n) is 13.5. The summed E-state index contributed by atoms with van der Waals surface area (Å²) in [6, 6.07) is 5.88. The van der Waals surface area contributed by atoms with E-state index >= 15 is 0 Å². The van der Waals surface area contributed by atoms with Crippen LogP contribution in [0.25, 0.3) is 0 Å². The third-order valence-electron chi connectivity index (χ3n) is 4.93. The summed E-state index contributed by atoms with van der Waals surface area (Å²) in [6.07, 6.45) is 4.49. The largest absolute Gasteiger partial charge is 0.478 e. The van der Waals surface area contributed by atoms with E-state index in [4.69, 9.17) is 5.11 Å². The van der Waals surface area contributed by atoms with Gasteiger partial charge >= 0.3 is 5.97 Å². The van der Waals surface area contributed by atoms with Crippen LogP contribution in [0.3, 0.4) is 0 Å². The van der Waals surface area contributed by atoms with E-state index in [1.54, 1.807) is 0 Å². The van der Waals surface area contributed by atoms with Crippen molar-refractivity contribution in [3.05, 3.63) is 35.4 Å². The lowest BCUT2D eigenvalue weighted by Gasteiger charge is -2.20. The number of rotatable bonds is 4. The smallest absolute Gasteiger partial charge is 0.335 e. The Labute approximate surface area is 140 Å². The Morgan fingerprint density at radius 3 is 2.25 bits per heavy atom. The molecule has 1 aromatic carbocycles. The number of carboxylic acid groups (broad SMARTS) is 1. The van der Waals surface area contributed by atoms with Crippen molar-refractivity contribution in [2.75, 3.05) is 13.1 Å². The van der Waals surface area contributed by atoms with Crippen LogP contribution in [0.4, 0.5) is 0 Å². The van der Waals surface area contributed by atoms with Crippen molar-refractivity contribution in [2.24, 2.45) is 5.92 Å². The molecule has 6 nitrogen and oxygen atoms in total. The SMILES string of the molecule is O=C(O)c1ccc(C(=O)N[C@H]2CC[C@@H](C(=O)N3CCCC3)C2)cc1. The van der Waals surface area contributed by atoms with Crippen LogP contribution in [0.1, 0.15) is 52.8 Å². The first-order chi connectivity index (χ1) is 11.5. The number of benzene rings is 1. The summed E-state index contributed by atoms with van der Waals surface area (Å²) in [7, 11) is 0. The van der Waals surface area contributed by atoms with Gasteiger partial charge in [-0.1, -0.05) is 0 Å². The number of aromatic carboxylic acids is 1. The third kappa shape index (κ3) is 3.58. The molecule has 2 fully saturated rings. The number of carboxylic acids is 1. The summed E-state index contributed by atoms with van der Waals surface area (Å²) in [4.78, 5) is 37.4. The Bertz CT molecular complexity index is 635. The minimum absolute atomic E-state index is 0.00760. The average molecular weight is 330 g/mol. The Hall–Kier alpha value is -2.37. The number of nitrogens with one attached hydrogen (secondary N) is 1. The Balaban J connectivity index is 1.53. The number of amides is 2. The van der Waals surface area contributed by atoms with Crippen molar-refractivity contribution in [3.8, 4) is 0 Å². The topological polar surface area (TPSA) is 86.7 Å². The first kappa shape index (κ1) is 16.5.